The number of hydrogen-bond acceptors (Lipinski definition) is 0. The van der Waals surface area contributed by atoms with Crippen LogP contribution >= 0.6 is 0 Å². The molecule has 0 radical (unpaired) electrons. The van der Waals surface area contributed by atoms with Gasteiger partial charge in [-0.15, -0.1) is 0 Å². The molecule has 16 aromatic carbocycles. The van der Waals surface area contributed by atoms with E-state index >= 15 is 0 Å². The molecule has 2 aliphatic rings. The highest BCUT2D eigenvalue weighted by molar-refractivity contribution is 5.87. The lowest BCUT2D eigenvalue weighted by Gasteiger charge is -2.33. The summed E-state index contributed by atoms with van der Waals surface area (Å²) in [4.78, 5) is 0. The van der Waals surface area contributed by atoms with E-state index in [-0.39, 0.29) is 10.8 Å². The molecule has 0 aromatic heterocycles. The van der Waals surface area contributed by atoms with Crippen LogP contribution in [-0.4, -0.2) is 0 Å². The van der Waals surface area contributed by atoms with Crippen LogP contribution in [0.2, 0.25) is 0 Å². The summed E-state index contributed by atoms with van der Waals surface area (Å²) >= 11 is 0. The molecule has 0 nitrogen and oxygen atoms in total. The van der Waals surface area contributed by atoms with E-state index in [0.29, 0.717) is 0 Å². The van der Waals surface area contributed by atoms with E-state index in [9.17, 15) is 0 Å². The van der Waals surface area contributed by atoms with Gasteiger partial charge in [-0.3, -0.25) is 0 Å². The highest BCUT2D eigenvalue weighted by atomic mass is 14.5. The van der Waals surface area contributed by atoms with Gasteiger partial charge in [0.1, 0.15) is 0 Å². The van der Waals surface area contributed by atoms with Crippen LogP contribution in [0.15, 0.2) is 473 Å². The highest BCUT2D eigenvalue weighted by Gasteiger charge is 2.45. The van der Waals surface area contributed by atoms with Gasteiger partial charge in [0.05, 0.1) is 5.41 Å². The van der Waals surface area contributed by atoms with Crippen LogP contribution in [0, 0.1) is 0 Å². The van der Waals surface area contributed by atoms with E-state index in [4.69, 9.17) is 0 Å². The highest BCUT2D eigenvalue weighted by Crippen LogP contribution is 2.56. The van der Waals surface area contributed by atoms with Crippen LogP contribution in [0.5, 0.6) is 0 Å². The Balaban J connectivity index is -0.000000178. The quantitative estimate of drug-likeness (QED) is 0.162. The van der Waals surface area contributed by atoms with E-state index in [1.165, 1.54) is 77.2 Å². The van der Waals surface area contributed by atoms with Gasteiger partial charge in [0.25, 0.3) is 0 Å². The normalized spacial score (nSPS) is 9.05. The smallest absolute Gasteiger partial charge is 0.0683 e. The first-order chi connectivity index (χ1) is 64.6. The van der Waals surface area contributed by atoms with Gasteiger partial charge in [0.15, 0.2) is 0 Å². The summed E-state index contributed by atoms with van der Waals surface area (Å²) in [5.74, 6) is 0. The Bertz CT molecular complexity index is 3890. The summed E-state index contributed by atoms with van der Waals surface area (Å²) < 4.78 is 0. The van der Waals surface area contributed by atoms with Gasteiger partial charge in [-0.2, -0.15) is 0 Å². The van der Waals surface area contributed by atoms with Crippen LogP contribution in [0.4, 0.5) is 0 Å². The first kappa shape index (κ1) is 136. The third-order valence-electron chi connectivity index (χ3n) is 16.2. The Morgan fingerprint density at radius 2 is 0.208 bits per heavy atom. The van der Waals surface area contributed by atoms with E-state index in [1.807, 2.05) is 454 Å². The van der Waals surface area contributed by atoms with Crippen LogP contribution in [0.3, 0.4) is 0 Å². The molecule has 16 aromatic rings. The lowest BCUT2D eigenvalue weighted by molar-refractivity contribution is 0.660. The molecule has 0 spiro atoms. The van der Waals surface area contributed by atoms with Crippen molar-refractivity contribution in [2.75, 3.05) is 0 Å². The van der Waals surface area contributed by atoms with Crippen molar-refractivity contribution in [3.05, 3.63) is 507 Å². The van der Waals surface area contributed by atoms with Gasteiger partial charge >= 0.3 is 0 Å². The van der Waals surface area contributed by atoms with Crippen LogP contribution in [-0.2, 0) is 10.8 Å². The van der Waals surface area contributed by atoms with Crippen molar-refractivity contribution in [3.8, 4) is 22.3 Å². The Morgan fingerprint density at radius 1 is 0.108 bits per heavy atom. The first-order valence-electron chi connectivity index (χ1n) is 49.9. The molecule has 706 valence electrons. The summed E-state index contributed by atoms with van der Waals surface area (Å²) in [6, 6.07) is 162. The molecule has 0 saturated heterocycles. The fourth-order valence-electron chi connectivity index (χ4n) is 11.6. The molecule has 0 saturated carbocycles. The van der Waals surface area contributed by atoms with Gasteiger partial charge < -0.3 is 0 Å². The standard InChI is InChI=1S/C25H18.C15H14.2C10H8.6C6H6.17C2H6/c1-3-11-19(12-4-1)25(20-13-5-2-6-14-20)23-17-9-7-15-21(23)22-16-8-10-18-24(22)25;1-15(2)13-9-5-3-7-11(13)12-8-4-6-10-14(12)15;2*1-2-6-10-8-4-3-7-9(10)5-1;6*1-2-4-6-5-3-1;17*1-2/h1-18H;3-10H,1-2H3;2*1-8H;6*1-6H;17*1-2H3. The van der Waals surface area contributed by atoms with E-state index in [2.05, 4.69) is 269 Å². The van der Waals surface area contributed by atoms with Crippen molar-refractivity contribution < 1.29 is 0 Å². The monoisotopic (exact) mass is 1750 g/mol. The average Bonchev–Trinajstić information content (AvgIpc) is 1.55. The second-order valence-corrected chi connectivity index (χ2v) is 22.9. The third-order valence-corrected chi connectivity index (χ3v) is 16.2. The lowest BCUT2D eigenvalue weighted by atomic mass is 9.68. The van der Waals surface area contributed by atoms with Gasteiger partial charge in [0.2, 0.25) is 0 Å². The number of rotatable bonds is 2. The number of fused-ring (bicyclic) bond motifs is 8. The van der Waals surface area contributed by atoms with Crippen molar-refractivity contribution in [3.63, 3.8) is 0 Å². The van der Waals surface area contributed by atoms with Crippen molar-refractivity contribution in [2.24, 2.45) is 0 Å². The van der Waals surface area contributed by atoms with Gasteiger partial charge in [-0.1, -0.05) is 722 Å². The van der Waals surface area contributed by atoms with Crippen LogP contribution in [0.25, 0.3) is 43.8 Å². The minimum absolute atomic E-state index is 0.160. The number of hydrogen-bond donors (Lipinski definition) is 0. The molecule has 0 heterocycles. The predicted molar refractivity (Wildman–Crippen MR) is 607 cm³/mol. The summed E-state index contributed by atoms with van der Waals surface area (Å²) in [6.45, 7) is 72.6. The number of benzene rings is 16. The Morgan fingerprint density at radius 3 is 0.354 bits per heavy atom. The third kappa shape index (κ3) is 57.1. The van der Waals surface area contributed by atoms with Crippen LogP contribution < -0.4 is 0 Å². The molecule has 0 atom stereocenters. The second-order valence-electron chi connectivity index (χ2n) is 22.9. The molecule has 2 aliphatic carbocycles. The average molecular weight is 1750 g/mol. The minimum Gasteiger partial charge on any atom is -0.0683 e. The van der Waals surface area contributed by atoms with Crippen molar-refractivity contribution in [1.29, 1.82) is 0 Å². The molecule has 0 heteroatoms. The van der Waals surface area contributed by atoms with Crippen LogP contribution in [0.1, 0.15) is 283 Å². The molecular weight excluding hydrogens is 1560 g/mol. The van der Waals surface area contributed by atoms with E-state index < -0.39 is 0 Å². The zero-order valence-electron chi connectivity index (χ0n) is 89.0. The largest absolute Gasteiger partial charge is 0.0713 e. The zero-order chi connectivity index (χ0) is 100. The van der Waals surface area contributed by atoms with Gasteiger partial charge in [-0.25, -0.2) is 0 Å². The minimum atomic E-state index is -0.254. The molecule has 0 unspecified atom stereocenters. The molecule has 130 heavy (non-hydrogen) atoms. The Kier molecular flexibility index (Phi) is 114. The molecule has 0 bridgehead atoms. The Hall–Kier alpha value is -12.0. The zero-order valence-corrected chi connectivity index (χ0v) is 89.0. The molecule has 0 amide bonds. The molecule has 0 aliphatic heterocycles. The fourth-order valence-corrected chi connectivity index (χ4v) is 11.6. The summed E-state index contributed by atoms with van der Waals surface area (Å²) in [7, 11) is 0. The summed E-state index contributed by atoms with van der Waals surface area (Å²) in [5.41, 5.74) is 13.7. The molecule has 0 fully saturated rings. The molecule has 18 rings (SSSR count). The fraction of sp³-hybridized carbons (Fsp3) is 0.292. The van der Waals surface area contributed by atoms with Crippen molar-refractivity contribution in [2.45, 2.75) is 260 Å². The van der Waals surface area contributed by atoms with E-state index in [1.54, 1.807) is 0 Å². The Labute approximate surface area is 805 Å². The SMILES string of the molecule is CC.CC.CC.CC.CC.CC.CC.CC.CC.CC.CC.CC.CC.CC.CC.CC.CC.CC1(C)c2ccccc2-c2ccccc21.c1ccc(C2(c3ccccc3)c3ccccc3-c3ccccc32)cc1.c1ccc2ccccc2c1.c1ccc2ccccc2c1.c1ccccc1.c1ccccc1.c1ccccc1.c1ccccc1.c1ccccc1.c1ccccc1. The van der Waals surface area contributed by atoms with Gasteiger partial charge in [0, 0.05) is 5.41 Å². The van der Waals surface area contributed by atoms with Crippen molar-refractivity contribution >= 4 is 21.5 Å². The first-order valence-corrected chi connectivity index (χ1v) is 49.9. The predicted octanol–water partition coefficient (Wildman–Crippen LogP) is 43.3. The maximum absolute atomic E-state index is 2.30. The van der Waals surface area contributed by atoms with E-state index in [0.717, 1.165) is 0 Å². The lowest BCUT2D eigenvalue weighted by Crippen LogP contribution is -2.28. The second kappa shape index (κ2) is 109. The molecular formula is C130H186. The van der Waals surface area contributed by atoms with Gasteiger partial charge in [-0.05, 0) is 77.2 Å². The maximum Gasteiger partial charge on any atom is 0.0713 e. The summed E-state index contributed by atoms with van der Waals surface area (Å²) in [6.07, 6.45) is 0. The van der Waals surface area contributed by atoms with Crippen molar-refractivity contribution in [1.82, 2.24) is 0 Å². The summed E-state index contributed by atoms with van der Waals surface area (Å²) in [5, 5.41) is 5.24. The topological polar surface area (TPSA) is 0 Å². The molecule has 0 N–H and O–H groups in total. The maximum atomic E-state index is 2.30.